The molecule has 0 fully saturated rings. The molecule has 0 atom stereocenters. The van der Waals surface area contributed by atoms with Crippen LogP contribution in [0.2, 0.25) is 0 Å². The van der Waals surface area contributed by atoms with E-state index in [1.807, 2.05) is 30.6 Å². The molecule has 0 saturated heterocycles. The molecule has 0 aliphatic rings. The van der Waals surface area contributed by atoms with Crippen molar-refractivity contribution in [2.24, 2.45) is 0 Å². The minimum atomic E-state index is 0.642. The first-order valence-corrected chi connectivity index (χ1v) is 9.35. The number of aromatic amines is 2. The lowest BCUT2D eigenvalue weighted by atomic mass is 10.1. The zero-order valence-electron chi connectivity index (χ0n) is 15.6. The minimum absolute atomic E-state index is 0.642. The van der Waals surface area contributed by atoms with Gasteiger partial charge in [0.15, 0.2) is 5.65 Å². The van der Waals surface area contributed by atoms with Crippen LogP contribution in [0.5, 0.6) is 0 Å². The van der Waals surface area contributed by atoms with Crippen LogP contribution in [0.1, 0.15) is 0 Å². The number of nitrogens with zero attached hydrogens (tertiary/aromatic N) is 6. The Kier molecular flexibility index (Phi) is 3.60. The number of hydrogen-bond acceptors (Lipinski definition) is 6. The van der Waals surface area contributed by atoms with Gasteiger partial charge in [0.1, 0.15) is 0 Å². The number of fused-ring (bicyclic) bond motifs is 2. The van der Waals surface area contributed by atoms with Gasteiger partial charge in [-0.25, -0.2) is 4.98 Å². The molecule has 2 N–H and O–H groups in total. The molecule has 0 aliphatic carbocycles. The second-order valence-corrected chi connectivity index (χ2v) is 6.85. The maximum absolute atomic E-state index is 4.48. The Morgan fingerprint density at radius 2 is 1.63 bits per heavy atom. The van der Waals surface area contributed by atoms with Crippen molar-refractivity contribution < 1.29 is 0 Å². The molecule has 6 rings (SSSR count). The summed E-state index contributed by atoms with van der Waals surface area (Å²) in [6.07, 6.45) is 14.1. The Bertz CT molecular complexity index is 1490. The second-order valence-electron chi connectivity index (χ2n) is 6.85. The molecule has 142 valence electrons. The lowest BCUT2D eigenvalue weighted by Gasteiger charge is -2.01. The Balaban J connectivity index is 1.52. The highest BCUT2D eigenvalue weighted by atomic mass is 15.2. The van der Waals surface area contributed by atoms with Gasteiger partial charge < -0.3 is 4.98 Å². The summed E-state index contributed by atoms with van der Waals surface area (Å²) in [6.45, 7) is 0. The van der Waals surface area contributed by atoms with Gasteiger partial charge in [-0.1, -0.05) is 0 Å². The molecule has 8 heteroatoms. The molecule has 0 saturated carbocycles. The zero-order chi connectivity index (χ0) is 19.9. The van der Waals surface area contributed by atoms with Gasteiger partial charge in [-0.3, -0.25) is 25.0 Å². The van der Waals surface area contributed by atoms with Gasteiger partial charge >= 0.3 is 0 Å². The van der Waals surface area contributed by atoms with Crippen LogP contribution in [0, 0.1) is 0 Å². The summed E-state index contributed by atoms with van der Waals surface area (Å²) in [5.41, 5.74) is 7.11. The third-order valence-electron chi connectivity index (χ3n) is 5.07. The summed E-state index contributed by atoms with van der Waals surface area (Å²) in [6, 6.07) is 8.09. The van der Waals surface area contributed by atoms with E-state index in [1.54, 1.807) is 37.2 Å². The van der Waals surface area contributed by atoms with Gasteiger partial charge in [-0.2, -0.15) is 5.10 Å². The minimum Gasteiger partial charge on any atom is -0.352 e. The first-order valence-electron chi connectivity index (χ1n) is 9.35. The predicted octanol–water partition coefficient (Wildman–Crippen LogP) is 4.02. The number of H-pyrrole nitrogens is 2. The van der Waals surface area contributed by atoms with Crippen molar-refractivity contribution in [3.63, 3.8) is 0 Å². The molecule has 0 amide bonds. The summed E-state index contributed by atoms with van der Waals surface area (Å²) >= 11 is 0. The number of aromatic nitrogens is 8. The molecular weight excluding hydrogens is 376 g/mol. The standard InChI is InChI=1S/C22H14N8/c1-3-23-4-2-13(1)17-10-25-12-20-15(17)8-18(28-20)21-16-7-14(9-27-22(16)30-29-21)19-11-24-5-6-26-19/h1-12,28H,(H,27,29,30). The van der Waals surface area contributed by atoms with Crippen molar-refractivity contribution in [3.8, 4) is 33.8 Å². The van der Waals surface area contributed by atoms with Crippen molar-refractivity contribution in [1.82, 2.24) is 40.1 Å². The van der Waals surface area contributed by atoms with Crippen molar-refractivity contribution in [3.05, 3.63) is 73.8 Å². The maximum atomic E-state index is 4.48. The van der Waals surface area contributed by atoms with Crippen LogP contribution < -0.4 is 0 Å². The fraction of sp³-hybridized carbons (Fsp3) is 0. The third kappa shape index (κ3) is 2.62. The zero-order valence-corrected chi connectivity index (χ0v) is 15.6. The van der Waals surface area contributed by atoms with Crippen molar-refractivity contribution >= 4 is 21.9 Å². The molecule has 8 nitrogen and oxygen atoms in total. The third-order valence-corrected chi connectivity index (χ3v) is 5.07. The van der Waals surface area contributed by atoms with Crippen molar-refractivity contribution in [2.45, 2.75) is 0 Å². The van der Waals surface area contributed by atoms with E-state index in [0.29, 0.717) is 5.65 Å². The Morgan fingerprint density at radius 1 is 0.700 bits per heavy atom. The molecule has 0 spiro atoms. The first-order chi connectivity index (χ1) is 14.9. The van der Waals surface area contributed by atoms with Crippen molar-refractivity contribution in [2.75, 3.05) is 0 Å². The number of nitrogens with one attached hydrogen (secondary N) is 2. The monoisotopic (exact) mass is 390 g/mol. The molecule has 0 radical (unpaired) electrons. The van der Waals surface area contributed by atoms with Crippen LogP contribution in [0.3, 0.4) is 0 Å². The molecule has 0 bridgehead atoms. The van der Waals surface area contributed by atoms with E-state index in [2.05, 4.69) is 46.2 Å². The molecule has 6 heterocycles. The Morgan fingerprint density at radius 3 is 2.50 bits per heavy atom. The van der Waals surface area contributed by atoms with E-state index in [4.69, 9.17) is 0 Å². The Hall–Kier alpha value is -4.46. The van der Waals surface area contributed by atoms with Crippen LogP contribution in [-0.4, -0.2) is 40.1 Å². The first kappa shape index (κ1) is 16.5. The molecule has 6 aromatic rings. The van der Waals surface area contributed by atoms with E-state index < -0.39 is 0 Å². The molecule has 0 unspecified atom stereocenters. The smallest absolute Gasteiger partial charge is 0.181 e. The summed E-state index contributed by atoms with van der Waals surface area (Å²) < 4.78 is 0. The highest BCUT2D eigenvalue weighted by molar-refractivity contribution is 6.00. The normalized spacial score (nSPS) is 11.3. The van der Waals surface area contributed by atoms with Crippen LogP contribution in [-0.2, 0) is 0 Å². The summed E-state index contributed by atoms with van der Waals surface area (Å²) in [4.78, 5) is 24.9. The van der Waals surface area contributed by atoms with Gasteiger partial charge in [-0.15, -0.1) is 0 Å². The average Bonchev–Trinajstić information content (AvgIpc) is 3.43. The summed E-state index contributed by atoms with van der Waals surface area (Å²) in [5.74, 6) is 0. The van der Waals surface area contributed by atoms with Gasteiger partial charge in [0.05, 0.1) is 35.0 Å². The molecule has 30 heavy (non-hydrogen) atoms. The van der Waals surface area contributed by atoms with E-state index >= 15 is 0 Å². The van der Waals surface area contributed by atoms with Crippen LogP contribution in [0.25, 0.3) is 55.7 Å². The number of rotatable bonds is 3. The maximum Gasteiger partial charge on any atom is 0.181 e. The Labute approximate surface area is 170 Å². The number of pyridine rings is 3. The topological polar surface area (TPSA) is 109 Å². The van der Waals surface area contributed by atoms with E-state index in [-0.39, 0.29) is 0 Å². The fourth-order valence-corrected chi connectivity index (χ4v) is 3.64. The quantitative estimate of drug-likeness (QED) is 0.472. The lowest BCUT2D eigenvalue weighted by molar-refractivity contribution is 1.10. The predicted molar refractivity (Wildman–Crippen MR) is 113 cm³/mol. The van der Waals surface area contributed by atoms with E-state index in [0.717, 1.165) is 50.1 Å². The average molecular weight is 390 g/mol. The summed E-state index contributed by atoms with van der Waals surface area (Å²) in [5, 5.41) is 9.46. The van der Waals surface area contributed by atoms with E-state index in [9.17, 15) is 0 Å². The fourth-order valence-electron chi connectivity index (χ4n) is 3.64. The second kappa shape index (κ2) is 6.56. The van der Waals surface area contributed by atoms with Gasteiger partial charge in [-0.05, 0) is 29.8 Å². The molecule has 6 aromatic heterocycles. The number of hydrogen-bond donors (Lipinski definition) is 2. The molecular formula is C22H14N8. The van der Waals surface area contributed by atoms with Gasteiger partial charge in [0.25, 0.3) is 0 Å². The highest BCUT2D eigenvalue weighted by Crippen LogP contribution is 2.33. The van der Waals surface area contributed by atoms with Gasteiger partial charge in [0, 0.05) is 59.1 Å². The highest BCUT2D eigenvalue weighted by Gasteiger charge is 2.15. The van der Waals surface area contributed by atoms with Crippen LogP contribution in [0.15, 0.2) is 73.8 Å². The van der Waals surface area contributed by atoms with E-state index in [1.165, 1.54) is 0 Å². The SMILES string of the molecule is c1cc(-c2cncc3[nH]c(-c4[nH]nc5ncc(-c6cnccn6)cc45)cc23)ccn1. The largest absolute Gasteiger partial charge is 0.352 e. The van der Waals surface area contributed by atoms with Crippen molar-refractivity contribution in [1.29, 1.82) is 0 Å². The lowest BCUT2D eigenvalue weighted by Crippen LogP contribution is -1.86. The van der Waals surface area contributed by atoms with Crippen LogP contribution >= 0.6 is 0 Å². The molecule has 0 aromatic carbocycles. The summed E-state index contributed by atoms with van der Waals surface area (Å²) in [7, 11) is 0. The van der Waals surface area contributed by atoms with Gasteiger partial charge in [0.2, 0.25) is 0 Å². The molecule has 0 aliphatic heterocycles. The van der Waals surface area contributed by atoms with Crippen LogP contribution in [0.4, 0.5) is 0 Å².